The van der Waals surface area contributed by atoms with Gasteiger partial charge in [0.1, 0.15) is 0 Å². The zero-order valence-corrected chi connectivity index (χ0v) is 16.7. The standard InChI is InChI=1S/C19H31N3O2.ClH/c1-6-14-7-9-15(10-8-14)19(4,5)12-22-16(23)11-21-18(24)17(20)13(2)3;/h7-10,13,17H,6,11-12,20H2,1-5H3,(H,21,24)(H,22,23);1H/t17-;/m0./s1. The van der Waals surface area contributed by atoms with E-state index in [4.69, 9.17) is 5.73 Å². The van der Waals surface area contributed by atoms with Crippen molar-refractivity contribution in [2.24, 2.45) is 11.7 Å². The normalized spacial score (nSPS) is 12.3. The molecule has 1 rings (SSSR count). The van der Waals surface area contributed by atoms with Gasteiger partial charge in [0.2, 0.25) is 11.8 Å². The summed E-state index contributed by atoms with van der Waals surface area (Å²) in [5.74, 6) is -0.467. The summed E-state index contributed by atoms with van der Waals surface area (Å²) in [6.07, 6.45) is 1.01. The molecule has 0 saturated carbocycles. The van der Waals surface area contributed by atoms with Gasteiger partial charge in [0.05, 0.1) is 12.6 Å². The van der Waals surface area contributed by atoms with Gasteiger partial charge in [-0.15, -0.1) is 12.4 Å². The first-order valence-corrected chi connectivity index (χ1v) is 8.56. The molecular formula is C19H32ClN3O2. The second kappa shape index (κ2) is 10.4. The monoisotopic (exact) mass is 369 g/mol. The highest BCUT2D eigenvalue weighted by molar-refractivity contribution is 5.87. The summed E-state index contributed by atoms with van der Waals surface area (Å²) in [5.41, 5.74) is 8.03. The van der Waals surface area contributed by atoms with E-state index in [9.17, 15) is 9.59 Å². The van der Waals surface area contributed by atoms with Crippen LogP contribution in [-0.2, 0) is 21.4 Å². The van der Waals surface area contributed by atoms with Gasteiger partial charge in [0.25, 0.3) is 0 Å². The molecule has 2 amide bonds. The van der Waals surface area contributed by atoms with Crippen molar-refractivity contribution in [1.29, 1.82) is 0 Å². The Kier molecular flexibility index (Phi) is 9.75. The van der Waals surface area contributed by atoms with Crippen LogP contribution in [0.15, 0.2) is 24.3 Å². The Balaban J connectivity index is 0.00000576. The van der Waals surface area contributed by atoms with Crippen LogP contribution in [0.2, 0.25) is 0 Å². The van der Waals surface area contributed by atoms with Crippen LogP contribution in [0.5, 0.6) is 0 Å². The van der Waals surface area contributed by atoms with Crippen molar-refractivity contribution >= 4 is 24.2 Å². The number of nitrogens with one attached hydrogen (secondary N) is 2. The number of hydrogen-bond donors (Lipinski definition) is 3. The fourth-order valence-corrected chi connectivity index (χ4v) is 2.26. The van der Waals surface area contributed by atoms with Gasteiger partial charge in [0.15, 0.2) is 0 Å². The lowest BCUT2D eigenvalue weighted by Crippen LogP contribution is -2.48. The first-order chi connectivity index (χ1) is 11.2. The Labute approximate surface area is 157 Å². The minimum Gasteiger partial charge on any atom is -0.354 e. The van der Waals surface area contributed by atoms with Crippen LogP contribution in [0.25, 0.3) is 0 Å². The number of hydrogen-bond acceptors (Lipinski definition) is 3. The Morgan fingerprint density at radius 1 is 1.12 bits per heavy atom. The summed E-state index contributed by atoms with van der Waals surface area (Å²) in [7, 11) is 0. The predicted molar refractivity (Wildman–Crippen MR) is 105 cm³/mol. The second-order valence-electron chi connectivity index (χ2n) is 7.20. The molecule has 142 valence electrons. The molecule has 4 N–H and O–H groups in total. The smallest absolute Gasteiger partial charge is 0.239 e. The molecule has 0 aliphatic heterocycles. The molecule has 25 heavy (non-hydrogen) atoms. The molecule has 0 spiro atoms. The van der Waals surface area contributed by atoms with E-state index in [1.165, 1.54) is 11.1 Å². The van der Waals surface area contributed by atoms with E-state index < -0.39 is 6.04 Å². The summed E-state index contributed by atoms with van der Waals surface area (Å²) in [6.45, 7) is 10.5. The molecule has 0 aliphatic rings. The molecule has 0 unspecified atom stereocenters. The Morgan fingerprint density at radius 3 is 2.16 bits per heavy atom. The van der Waals surface area contributed by atoms with Gasteiger partial charge in [-0.05, 0) is 23.5 Å². The third-order valence-corrected chi connectivity index (χ3v) is 4.32. The largest absolute Gasteiger partial charge is 0.354 e. The minimum absolute atomic E-state index is 0. The summed E-state index contributed by atoms with van der Waals surface area (Å²) >= 11 is 0. The molecular weight excluding hydrogens is 338 g/mol. The highest BCUT2D eigenvalue weighted by Crippen LogP contribution is 2.22. The first-order valence-electron chi connectivity index (χ1n) is 8.56. The van der Waals surface area contributed by atoms with E-state index in [1.54, 1.807) is 0 Å². The van der Waals surface area contributed by atoms with E-state index in [0.29, 0.717) is 6.54 Å². The van der Waals surface area contributed by atoms with Crippen molar-refractivity contribution < 1.29 is 9.59 Å². The van der Waals surface area contributed by atoms with Gasteiger partial charge in [-0.1, -0.05) is 58.9 Å². The Bertz CT molecular complexity index is 556. The Hall–Kier alpha value is -1.59. The molecule has 0 fully saturated rings. The fourth-order valence-electron chi connectivity index (χ4n) is 2.26. The van der Waals surface area contributed by atoms with Crippen molar-refractivity contribution in [1.82, 2.24) is 10.6 Å². The maximum Gasteiger partial charge on any atom is 0.239 e. The van der Waals surface area contributed by atoms with Gasteiger partial charge in [-0.2, -0.15) is 0 Å². The molecule has 1 atom stereocenters. The van der Waals surface area contributed by atoms with Gasteiger partial charge in [0, 0.05) is 12.0 Å². The van der Waals surface area contributed by atoms with Crippen LogP contribution in [-0.4, -0.2) is 30.9 Å². The number of amides is 2. The minimum atomic E-state index is -0.591. The lowest BCUT2D eigenvalue weighted by Gasteiger charge is -2.26. The lowest BCUT2D eigenvalue weighted by molar-refractivity contribution is -0.127. The molecule has 5 nitrogen and oxygen atoms in total. The Morgan fingerprint density at radius 2 is 1.68 bits per heavy atom. The van der Waals surface area contributed by atoms with Gasteiger partial charge < -0.3 is 16.4 Å². The zero-order chi connectivity index (χ0) is 18.3. The number of nitrogens with two attached hydrogens (primary N) is 1. The van der Waals surface area contributed by atoms with E-state index in [-0.39, 0.29) is 42.1 Å². The number of rotatable bonds is 8. The summed E-state index contributed by atoms with van der Waals surface area (Å²) in [6, 6.07) is 7.85. The average Bonchev–Trinajstić information content (AvgIpc) is 2.57. The summed E-state index contributed by atoms with van der Waals surface area (Å²) in [4.78, 5) is 23.7. The van der Waals surface area contributed by atoms with E-state index in [2.05, 4.69) is 55.7 Å². The van der Waals surface area contributed by atoms with Crippen molar-refractivity contribution in [3.8, 4) is 0 Å². The first kappa shape index (κ1) is 23.4. The van der Waals surface area contributed by atoms with Gasteiger partial charge in [-0.25, -0.2) is 0 Å². The molecule has 0 aliphatic carbocycles. The SMILES string of the molecule is CCc1ccc(C(C)(C)CNC(=O)CNC(=O)[C@@H](N)C(C)C)cc1.Cl. The third kappa shape index (κ3) is 7.45. The highest BCUT2D eigenvalue weighted by Gasteiger charge is 2.22. The van der Waals surface area contributed by atoms with Crippen LogP contribution < -0.4 is 16.4 Å². The maximum absolute atomic E-state index is 12.0. The second-order valence-corrected chi connectivity index (χ2v) is 7.20. The fraction of sp³-hybridized carbons (Fsp3) is 0.579. The average molecular weight is 370 g/mol. The number of halogens is 1. The quantitative estimate of drug-likeness (QED) is 0.656. The van der Waals surface area contributed by atoms with Crippen molar-refractivity contribution in [2.45, 2.75) is 52.5 Å². The van der Waals surface area contributed by atoms with Crippen molar-refractivity contribution in [3.05, 3.63) is 35.4 Å². The third-order valence-electron chi connectivity index (χ3n) is 4.32. The molecule has 0 saturated heterocycles. The number of carbonyl (C=O) groups excluding carboxylic acids is 2. The maximum atomic E-state index is 12.0. The van der Waals surface area contributed by atoms with E-state index in [1.807, 2.05) is 13.8 Å². The molecule has 0 radical (unpaired) electrons. The molecule has 0 aromatic heterocycles. The van der Waals surface area contributed by atoms with Crippen LogP contribution in [0.4, 0.5) is 0 Å². The summed E-state index contributed by atoms with van der Waals surface area (Å²) < 4.78 is 0. The van der Waals surface area contributed by atoms with E-state index in [0.717, 1.165) is 6.42 Å². The molecule has 6 heteroatoms. The predicted octanol–water partition coefficient (Wildman–Crippen LogP) is 2.16. The van der Waals surface area contributed by atoms with Crippen molar-refractivity contribution in [2.75, 3.05) is 13.1 Å². The van der Waals surface area contributed by atoms with Crippen LogP contribution in [0.1, 0.15) is 45.7 Å². The topological polar surface area (TPSA) is 84.2 Å². The van der Waals surface area contributed by atoms with E-state index >= 15 is 0 Å². The van der Waals surface area contributed by atoms with Gasteiger partial charge >= 0.3 is 0 Å². The molecule has 0 heterocycles. The number of benzene rings is 1. The van der Waals surface area contributed by atoms with Crippen LogP contribution in [0.3, 0.4) is 0 Å². The molecule has 1 aromatic carbocycles. The zero-order valence-electron chi connectivity index (χ0n) is 15.9. The number of aryl methyl sites for hydroxylation is 1. The summed E-state index contributed by atoms with van der Waals surface area (Å²) in [5, 5.41) is 5.46. The van der Waals surface area contributed by atoms with Crippen LogP contribution >= 0.6 is 12.4 Å². The highest BCUT2D eigenvalue weighted by atomic mass is 35.5. The van der Waals surface area contributed by atoms with Crippen molar-refractivity contribution in [3.63, 3.8) is 0 Å². The van der Waals surface area contributed by atoms with Gasteiger partial charge in [-0.3, -0.25) is 9.59 Å². The lowest BCUT2D eigenvalue weighted by atomic mass is 9.84. The van der Waals surface area contributed by atoms with Crippen LogP contribution in [0, 0.1) is 5.92 Å². The molecule has 1 aromatic rings. The molecule has 0 bridgehead atoms. The number of carbonyl (C=O) groups is 2.